The number of anilines is 1. The topological polar surface area (TPSA) is 136 Å². The van der Waals surface area contributed by atoms with E-state index in [9.17, 15) is 26.9 Å². The number of nitrogens with zero attached hydrogens (tertiary/aromatic N) is 2. The number of rotatable bonds is 7. The Kier molecular flexibility index (Phi) is 8.19. The van der Waals surface area contributed by atoms with Crippen molar-refractivity contribution in [2.45, 2.75) is 37.1 Å². The number of sulfonamides is 2. The first kappa shape index (κ1) is 29.4. The Morgan fingerprint density at radius 3 is 2.25 bits per heavy atom. The Bertz CT molecular complexity index is 1670. The van der Waals surface area contributed by atoms with Crippen LogP contribution in [0.3, 0.4) is 0 Å². The van der Waals surface area contributed by atoms with Crippen LogP contribution in [0.5, 0.6) is 0 Å². The molecule has 2 atom stereocenters. The van der Waals surface area contributed by atoms with Gasteiger partial charge in [-0.05, 0) is 62.2 Å². The second kappa shape index (κ2) is 11.1. The van der Waals surface area contributed by atoms with E-state index in [1.165, 1.54) is 4.31 Å². The van der Waals surface area contributed by atoms with Gasteiger partial charge in [0, 0.05) is 35.8 Å². The predicted molar refractivity (Wildman–Crippen MR) is 154 cm³/mol. The lowest BCUT2D eigenvalue weighted by Crippen LogP contribution is -2.40. The SMILES string of the molecule is CC(C)(C)NS(=O)(=O)c1ccccc1-c1ccc(NC(=O)[C@@H]2CN(S(C)(=O)=O)C[C@H]2c2cccc(C#N)c2)cc1. The molecule has 0 bridgehead atoms. The van der Waals surface area contributed by atoms with Gasteiger partial charge in [0.15, 0.2) is 0 Å². The summed E-state index contributed by atoms with van der Waals surface area (Å²) in [6.07, 6.45) is 1.11. The maximum atomic E-state index is 13.4. The van der Waals surface area contributed by atoms with Crippen LogP contribution >= 0.6 is 0 Å². The van der Waals surface area contributed by atoms with Gasteiger partial charge in [0.1, 0.15) is 0 Å². The first-order valence-corrected chi connectivity index (χ1v) is 16.0. The molecule has 0 spiro atoms. The lowest BCUT2D eigenvalue weighted by Gasteiger charge is -2.21. The van der Waals surface area contributed by atoms with Crippen LogP contribution in [-0.4, -0.2) is 51.9 Å². The summed E-state index contributed by atoms with van der Waals surface area (Å²) in [6.45, 7) is 5.48. The van der Waals surface area contributed by atoms with Gasteiger partial charge in [0.05, 0.1) is 28.7 Å². The normalized spacial score (nSPS) is 18.3. The van der Waals surface area contributed by atoms with Gasteiger partial charge in [-0.1, -0.05) is 42.5 Å². The van der Waals surface area contributed by atoms with Gasteiger partial charge in [-0.25, -0.2) is 25.9 Å². The van der Waals surface area contributed by atoms with Crippen molar-refractivity contribution in [2.24, 2.45) is 5.92 Å². The first-order valence-electron chi connectivity index (χ1n) is 12.7. The minimum atomic E-state index is -3.79. The van der Waals surface area contributed by atoms with E-state index in [0.717, 1.165) is 11.8 Å². The van der Waals surface area contributed by atoms with Crippen LogP contribution < -0.4 is 10.0 Å². The number of nitriles is 1. The van der Waals surface area contributed by atoms with Crippen molar-refractivity contribution in [2.75, 3.05) is 24.7 Å². The van der Waals surface area contributed by atoms with Gasteiger partial charge in [-0.2, -0.15) is 5.26 Å². The van der Waals surface area contributed by atoms with Crippen molar-refractivity contribution in [3.05, 3.63) is 83.9 Å². The molecule has 0 unspecified atom stereocenters. The van der Waals surface area contributed by atoms with Gasteiger partial charge in [0.25, 0.3) is 0 Å². The molecule has 11 heteroatoms. The molecule has 0 saturated carbocycles. The molecule has 1 heterocycles. The molecule has 3 aromatic rings. The molecule has 9 nitrogen and oxygen atoms in total. The monoisotopic (exact) mass is 580 g/mol. The number of hydrogen-bond donors (Lipinski definition) is 2. The molecule has 1 aliphatic rings. The maximum absolute atomic E-state index is 13.4. The van der Waals surface area contributed by atoms with E-state index in [4.69, 9.17) is 0 Å². The molecule has 2 N–H and O–H groups in total. The Morgan fingerprint density at radius 1 is 0.950 bits per heavy atom. The van der Waals surface area contributed by atoms with E-state index < -0.39 is 37.4 Å². The number of carbonyl (C=O) groups excluding carboxylic acids is 1. The highest BCUT2D eigenvalue weighted by atomic mass is 32.2. The molecule has 3 aromatic carbocycles. The van der Waals surface area contributed by atoms with E-state index in [1.807, 2.05) is 0 Å². The first-order chi connectivity index (χ1) is 18.7. The third-order valence-electron chi connectivity index (χ3n) is 6.62. The molecule has 1 aliphatic heterocycles. The van der Waals surface area contributed by atoms with Gasteiger partial charge in [0.2, 0.25) is 26.0 Å². The second-order valence-electron chi connectivity index (χ2n) is 10.9. The fraction of sp³-hybridized carbons (Fsp3) is 0.310. The summed E-state index contributed by atoms with van der Waals surface area (Å²) in [5, 5.41) is 12.2. The minimum absolute atomic E-state index is 0.0240. The molecule has 1 fully saturated rings. The number of carbonyl (C=O) groups is 1. The molecular weight excluding hydrogens is 548 g/mol. The van der Waals surface area contributed by atoms with Crippen LogP contribution in [0.2, 0.25) is 0 Å². The number of benzene rings is 3. The average molecular weight is 581 g/mol. The van der Waals surface area contributed by atoms with E-state index in [0.29, 0.717) is 22.4 Å². The molecule has 1 saturated heterocycles. The zero-order chi connectivity index (χ0) is 29.3. The van der Waals surface area contributed by atoms with Gasteiger partial charge >= 0.3 is 0 Å². The van der Waals surface area contributed by atoms with Gasteiger partial charge in [-0.3, -0.25) is 4.79 Å². The summed E-state index contributed by atoms with van der Waals surface area (Å²) >= 11 is 0. The minimum Gasteiger partial charge on any atom is -0.326 e. The van der Waals surface area contributed by atoms with Crippen LogP contribution in [0.4, 0.5) is 5.69 Å². The van der Waals surface area contributed by atoms with Crippen LogP contribution in [0, 0.1) is 17.2 Å². The quantitative estimate of drug-likeness (QED) is 0.435. The van der Waals surface area contributed by atoms with Crippen molar-refractivity contribution in [3.8, 4) is 17.2 Å². The van der Waals surface area contributed by atoms with Gasteiger partial charge in [-0.15, -0.1) is 0 Å². The Hall–Kier alpha value is -3.56. The van der Waals surface area contributed by atoms with E-state index >= 15 is 0 Å². The summed E-state index contributed by atoms with van der Waals surface area (Å²) < 4.78 is 54.7. The highest BCUT2D eigenvalue weighted by Gasteiger charge is 2.42. The van der Waals surface area contributed by atoms with Crippen molar-refractivity contribution in [1.29, 1.82) is 5.26 Å². The second-order valence-corrected chi connectivity index (χ2v) is 14.6. The van der Waals surface area contributed by atoms with E-state index in [1.54, 1.807) is 93.6 Å². The lowest BCUT2D eigenvalue weighted by molar-refractivity contribution is -0.119. The van der Waals surface area contributed by atoms with Crippen molar-refractivity contribution in [3.63, 3.8) is 0 Å². The molecule has 0 aliphatic carbocycles. The standard InChI is InChI=1S/C29H32N4O5S2/c1-29(2,3)32-40(37,38)27-11-6-5-10-24(27)21-12-14-23(15-13-21)31-28(34)26-19-33(39(4,35)36)18-25(26)22-9-7-8-20(16-22)17-30/h5-16,25-26,32H,18-19H2,1-4H3,(H,31,34)/t25-,26+/m0/s1. The largest absolute Gasteiger partial charge is 0.326 e. The Morgan fingerprint density at radius 2 is 1.62 bits per heavy atom. The number of amides is 1. The van der Waals surface area contributed by atoms with Crippen molar-refractivity contribution >= 4 is 31.6 Å². The summed E-state index contributed by atoms with van der Waals surface area (Å²) in [6, 6.07) is 22.5. The fourth-order valence-corrected chi connectivity index (χ4v) is 7.36. The van der Waals surface area contributed by atoms with E-state index in [2.05, 4.69) is 16.1 Å². The van der Waals surface area contributed by atoms with Crippen LogP contribution in [0.25, 0.3) is 11.1 Å². The molecule has 0 aromatic heterocycles. The summed E-state index contributed by atoms with van der Waals surface area (Å²) in [4.78, 5) is 13.6. The fourth-order valence-electron chi connectivity index (χ4n) is 4.85. The number of nitrogens with one attached hydrogen (secondary N) is 2. The highest BCUT2D eigenvalue weighted by molar-refractivity contribution is 7.89. The lowest BCUT2D eigenvalue weighted by atomic mass is 9.87. The predicted octanol–water partition coefficient (Wildman–Crippen LogP) is 3.92. The molecule has 4 rings (SSSR count). The van der Waals surface area contributed by atoms with Crippen molar-refractivity contribution in [1.82, 2.24) is 9.03 Å². The molecule has 40 heavy (non-hydrogen) atoms. The molecule has 210 valence electrons. The molecule has 0 radical (unpaired) electrons. The number of hydrogen-bond acceptors (Lipinski definition) is 6. The zero-order valence-electron chi connectivity index (χ0n) is 22.7. The Labute approximate surface area is 235 Å². The summed E-state index contributed by atoms with van der Waals surface area (Å²) in [5.41, 5.74) is 2.18. The summed E-state index contributed by atoms with van der Waals surface area (Å²) in [7, 11) is -7.31. The van der Waals surface area contributed by atoms with E-state index in [-0.39, 0.29) is 23.9 Å². The van der Waals surface area contributed by atoms with Crippen molar-refractivity contribution < 1.29 is 21.6 Å². The summed E-state index contributed by atoms with van der Waals surface area (Å²) in [5.74, 6) is -1.43. The molecule has 1 amide bonds. The smallest absolute Gasteiger partial charge is 0.241 e. The zero-order valence-corrected chi connectivity index (χ0v) is 24.4. The maximum Gasteiger partial charge on any atom is 0.241 e. The third kappa shape index (κ3) is 6.77. The molecular formula is C29H32N4O5S2. The third-order valence-corrected chi connectivity index (χ3v) is 9.67. The van der Waals surface area contributed by atoms with Crippen LogP contribution in [-0.2, 0) is 24.8 Å². The van der Waals surface area contributed by atoms with Gasteiger partial charge < -0.3 is 5.32 Å². The average Bonchev–Trinajstić information content (AvgIpc) is 3.35. The van der Waals surface area contributed by atoms with Crippen LogP contribution in [0.1, 0.15) is 37.8 Å². The highest BCUT2D eigenvalue weighted by Crippen LogP contribution is 2.35. The Balaban J connectivity index is 1.58. The van der Waals surface area contributed by atoms with Crippen LogP contribution in [0.15, 0.2) is 77.7 Å².